The van der Waals surface area contributed by atoms with E-state index in [2.05, 4.69) is 34.7 Å². The van der Waals surface area contributed by atoms with Gasteiger partial charge in [0.15, 0.2) is 0 Å². The largest absolute Gasteiger partial charge is 0.423 e. The smallest absolute Gasteiger partial charge is 0.323 e. The van der Waals surface area contributed by atoms with Crippen LogP contribution in [0, 0.1) is 5.82 Å². The van der Waals surface area contributed by atoms with Gasteiger partial charge < -0.3 is 9.47 Å². The normalized spacial score (nSPS) is 12.4. The van der Waals surface area contributed by atoms with Crippen LogP contribution in [0.3, 0.4) is 0 Å². The molecular weight excluding hydrogens is 499 g/mol. The summed E-state index contributed by atoms with van der Waals surface area (Å²) in [6.07, 6.45) is 3.18. The first-order valence-electron chi connectivity index (χ1n) is 10.7. The van der Waals surface area contributed by atoms with E-state index in [0.29, 0.717) is 29.0 Å². The first-order valence-corrected chi connectivity index (χ1v) is 16.8. The average Bonchev–Trinajstić information content (AvgIpc) is 3.15. The van der Waals surface area contributed by atoms with Crippen LogP contribution in [0.25, 0.3) is 11.1 Å². The van der Waals surface area contributed by atoms with Gasteiger partial charge in [0.2, 0.25) is 0 Å². The lowest BCUT2D eigenvalue weighted by molar-refractivity contribution is 0.0723. The first kappa shape index (κ1) is 26.3. The van der Waals surface area contributed by atoms with Crippen LogP contribution in [-0.4, -0.2) is 42.8 Å². The molecule has 12 heteroatoms. The molecule has 0 bridgehead atoms. The van der Waals surface area contributed by atoms with E-state index < -0.39 is 28.1 Å². The zero-order valence-corrected chi connectivity index (χ0v) is 22.3. The number of ether oxygens (including phenoxy) is 2. The molecule has 3 aromatic rings. The third-order valence-corrected chi connectivity index (χ3v) is 7.66. The van der Waals surface area contributed by atoms with Crippen LogP contribution in [0.5, 0.6) is 11.8 Å². The van der Waals surface area contributed by atoms with Gasteiger partial charge in [-0.25, -0.2) is 12.8 Å². The van der Waals surface area contributed by atoms with Crippen LogP contribution in [0.2, 0.25) is 25.7 Å². The van der Waals surface area contributed by atoms with Gasteiger partial charge in [0, 0.05) is 48.9 Å². The van der Waals surface area contributed by atoms with E-state index in [-0.39, 0.29) is 18.7 Å². The predicted molar refractivity (Wildman–Crippen MR) is 131 cm³/mol. The van der Waals surface area contributed by atoms with Crippen molar-refractivity contribution in [3.63, 3.8) is 0 Å². The van der Waals surface area contributed by atoms with Gasteiger partial charge in [-0.3, -0.25) is 4.98 Å². The van der Waals surface area contributed by atoms with Crippen LogP contribution >= 0.6 is 10.7 Å². The second-order valence-electron chi connectivity index (χ2n) is 9.33. The Labute approximate surface area is 204 Å². The Morgan fingerprint density at radius 3 is 2.44 bits per heavy atom. The topological polar surface area (TPSA) is 96.2 Å². The predicted octanol–water partition coefficient (Wildman–Crippen LogP) is 5.63. The second-order valence-corrected chi connectivity index (χ2v) is 17.4. The molecule has 8 nitrogen and oxygen atoms in total. The highest BCUT2D eigenvalue weighted by Gasteiger charge is 2.25. The molecule has 0 aliphatic carbocycles. The van der Waals surface area contributed by atoms with Gasteiger partial charge in [-0.05, 0) is 41.8 Å². The van der Waals surface area contributed by atoms with Gasteiger partial charge >= 0.3 is 6.01 Å². The average molecular weight is 527 g/mol. The first-order chi connectivity index (χ1) is 15.8. The van der Waals surface area contributed by atoms with Crippen LogP contribution in [0.4, 0.5) is 4.39 Å². The number of hydrogen-bond acceptors (Lipinski definition) is 7. The Morgan fingerprint density at radius 2 is 1.85 bits per heavy atom. The fourth-order valence-electron chi connectivity index (χ4n) is 3.09. The van der Waals surface area contributed by atoms with E-state index in [1.54, 1.807) is 24.5 Å². The maximum Gasteiger partial charge on any atom is 0.323 e. The molecule has 0 fully saturated rings. The summed E-state index contributed by atoms with van der Waals surface area (Å²) in [6.45, 7) is 10.9. The zero-order valence-electron chi connectivity index (χ0n) is 19.7. The number of pyridine rings is 1. The molecule has 34 heavy (non-hydrogen) atoms. The SMILES string of the molecule is CC(C)c1cc(F)cc(-c2ccncc2)c1Oc1nc(S(=O)(=O)Cl)nn1COCC[Si](C)(C)C. The van der Waals surface area contributed by atoms with E-state index in [1.165, 1.54) is 16.8 Å². The van der Waals surface area contributed by atoms with Crippen molar-refractivity contribution in [2.24, 2.45) is 0 Å². The van der Waals surface area contributed by atoms with Gasteiger partial charge in [0.1, 0.15) is 18.3 Å². The molecule has 0 radical (unpaired) electrons. The Kier molecular flexibility index (Phi) is 8.12. The monoisotopic (exact) mass is 526 g/mol. The lowest BCUT2D eigenvalue weighted by Crippen LogP contribution is -2.22. The number of hydrogen-bond donors (Lipinski definition) is 0. The second kappa shape index (κ2) is 10.5. The molecule has 0 atom stereocenters. The van der Waals surface area contributed by atoms with Crippen LogP contribution in [0.1, 0.15) is 25.3 Å². The molecule has 3 rings (SSSR count). The quantitative estimate of drug-likeness (QED) is 0.192. The van der Waals surface area contributed by atoms with Gasteiger partial charge in [0.05, 0.1) is 0 Å². The van der Waals surface area contributed by atoms with Crippen LogP contribution < -0.4 is 4.74 Å². The van der Waals surface area contributed by atoms with Gasteiger partial charge in [-0.2, -0.15) is 9.67 Å². The molecule has 184 valence electrons. The number of aromatic nitrogens is 4. The molecule has 0 unspecified atom stereocenters. The number of nitrogens with zero attached hydrogens (tertiary/aromatic N) is 4. The molecule has 2 aromatic heterocycles. The molecule has 0 aliphatic rings. The minimum Gasteiger partial charge on any atom is -0.423 e. The Bertz CT molecular complexity index is 1250. The van der Waals surface area contributed by atoms with E-state index in [0.717, 1.165) is 6.04 Å². The van der Waals surface area contributed by atoms with E-state index in [4.69, 9.17) is 20.2 Å². The summed E-state index contributed by atoms with van der Waals surface area (Å²) >= 11 is 0. The fraction of sp³-hybridized carbons (Fsp3) is 0.409. The number of benzene rings is 1. The third-order valence-electron chi connectivity index (χ3n) is 4.94. The summed E-state index contributed by atoms with van der Waals surface area (Å²) < 4.78 is 51.4. The summed E-state index contributed by atoms with van der Waals surface area (Å²) in [5.41, 5.74) is 1.72. The summed E-state index contributed by atoms with van der Waals surface area (Å²) in [4.78, 5) is 8.01. The minimum atomic E-state index is -4.21. The van der Waals surface area contributed by atoms with E-state index in [1.807, 2.05) is 13.8 Å². The molecule has 0 N–H and O–H groups in total. The molecule has 0 amide bonds. The highest BCUT2D eigenvalue weighted by Crippen LogP contribution is 2.40. The van der Waals surface area contributed by atoms with Gasteiger partial charge in [0.25, 0.3) is 14.2 Å². The Morgan fingerprint density at radius 1 is 1.18 bits per heavy atom. The summed E-state index contributed by atoms with van der Waals surface area (Å²) in [6, 6.07) is 6.97. The molecule has 0 spiro atoms. The number of rotatable bonds is 10. The highest BCUT2D eigenvalue weighted by atomic mass is 35.7. The third kappa shape index (κ3) is 6.84. The molecule has 0 saturated carbocycles. The molecule has 0 aliphatic heterocycles. The maximum absolute atomic E-state index is 14.5. The maximum atomic E-state index is 14.5. The van der Waals surface area contributed by atoms with Crippen molar-refractivity contribution in [2.45, 2.75) is 57.3 Å². The lowest BCUT2D eigenvalue weighted by Gasteiger charge is -2.18. The van der Waals surface area contributed by atoms with Crippen molar-refractivity contribution < 1.29 is 22.3 Å². The summed E-state index contributed by atoms with van der Waals surface area (Å²) in [5, 5.41) is 3.37. The van der Waals surface area contributed by atoms with E-state index in [9.17, 15) is 12.8 Å². The highest BCUT2D eigenvalue weighted by molar-refractivity contribution is 8.13. The lowest BCUT2D eigenvalue weighted by atomic mass is 9.95. The van der Waals surface area contributed by atoms with Gasteiger partial charge in [-0.1, -0.05) is 33.5 Å². The van der Waals surface area contributed by atoms with Crippen molar-refractivity contribution >= 4 is 27.8 Å². The van der Waals surface area contributed by atoms with Crippen molar-refractivity contribution in [1.82, 2.24) is 19.7 Å². The van der Waals surface area contributed by atoms with Gasteiger partial charge in [-0.15, -0.1) is 5.10 Å². The zero-order chi connectivity index (χ0) is 25.1. The van der Waals surface area contributed by atoms with Crippen molar-refractivity contribution in [3.8, 4) is 22.9 Å². The summed E-state index contributed by atoms with van der Waals surface area (Å²) in [7, 11) is -0.0539. The van der Waals surface area contributed by atoms with Crippen molar-refractivity contribution in [1.29, 1.82) is 0 Å². The molecule has 2 heterocycles. The Hall–Kier alpha value is -2.34. The van der Waals surface area contributed by atoms with Crippen molar-refractivity contribution in [3.05, 3.63) is 48.0 Å². The Balaban J connectivity index is 2.05. The minimum absolute atomic E-state index is 0.0813. The molecule has 1 aromatic carbocycles. The molecule has 0 saturated heterocycles. The molecular formula is C22H28ClFN4O4SSi. The van der Waals surface area contributed by atoms with Crippen LogP contribution in [0.15, 0.2) is 41.8 Å². The van der Waals surface area contributed by atoms with Crippen LogP contribution in [-0.2, 0) is 20.5 Å². The van der Waals surface area contributed by atoms with E-state index >= 15 is 0 Å². The number of halogens is 2. The standard InChI is InChI=1S/C22H28ClFN4O4SSi/c1-15(2)18-12-17(24)13-19(16-6-8-25-9-7-16)20(18)32-22-26-21(33(23,29)30)27-28(22)14-31-10-11-34(3,4)5/h6-9,12-13,15H,10-11,14H2,1-5H3. The fourth-order valence-corrected chi connectivity index (χ4v) is 4.43. The van der Waals surface area contributed by atoms with Crippen molar-refractivity contribution in [2.75, 3.05) is 6.61 Å². The summed E-state index contributed by atoms with van der Waals surface area (Å²) in [5.74, 6) is -0.202.